The van der Waals surface area contributed by atoms with Crippen molar-refractivity contribution in [3.8, 4) is 6.07 Å². The van der Waals surface area contributed by atoms with E-state index in [2.05, 4.69) is 30.0 Å². The van der Waals surface area contributed by atoms with E-state index < -0.39 is 0 Å². The molecular weight excluding hydrogens is 224 g/mol. The standard InChI is InChI=1S/C14H20N4/c1-17(2)13-5-7-18(8-6-13)14-4-3-12(16)9-11(14)10-15/h3-4,9,13H,5-8,16H2,1-2H3. The van der Waals surface area contributed by atoms with Gasteiger partial charge in [0.1, 0.15) is 6.07 Å². The van der Waals surface area contributed by atoms with Crippen LogP contribution in [0.25, 0.3) is 0 Å². The van der Waals surface area contributed by atoms with Crippen LogP contribution in [0.5, 0.6) is 0 Å². The van der Waals surface area contributed by atoms with Crippen molar-refractivity contribution in [2.45, 2.75) is 18.9 Å². The van der Waals surface area contributed by atoms with Gasteiger partial charge in [0.2, 0.25) is 0 Å². The van der Waals surface area contributed by atoms with Gasteiger partial charge in [-0.15, -0.1) is 0 Å². The third-order valence-electron chi connectivity index (χ3n) is 3.68. The monoisotopic (exact) mass is 244 g/mol. The van der Waals surface area contributed by atoms with E-state index >= 15 is 0 Å². The molecule has 1 aliphatic rings. The van der Waals surface area contributed by atoms with Crippen molar-refractivity contribution in [3.05, 3.63) is 23.8 Å². The number of nitrogens with two attached hydrogens (primary N) is 1. The molecule has 1 heterocycles. The number of piperidine rings is 1. The average Bonchev–Trinajstić information content (AvgIpc) is 2.38. The van der Waals surface area contributed by atoms with E-state index in [0.29, 0.717) is 17.3 Å². The summed E-state index contributed by atoms with van der Waals surface area (Å²) in [5.41, 5.74) is 8.07. The Hall–Kier alpha value is -1.73. The Balaban J connectivity index is 2.13. The number of nitriles is 1. The predicted molar refractivity (Wildman–Crippen MR) is 74.5 cm³/mol. The first kappa shape index (κ1) is 12.7. The molecule has 2 N–H and O–H groups in total. The molecule has 96 valence electrons. The van der Waals surface area contributed by atoms with Crippen LogP contribution in [0.3, 0.4) is 0 Å². The second kappa shape index (κ2) is 5.28. The number of nitrogens with zero attached hydrogens (tertiary/aromatic N) is 3. The Morgan fingerprint density at radius 3 is 2.56 bits per heavy atom. The average molecular weight is 244 g/mol. The molecule has 1 fully saturated rings. The molecule has 0 aromatic heterocycles. The first-order valence-electron chi connectivity index (χ1n) is 6.33. The van der Waals surface area contributed by atoms with Gasteiger partial charge in [-0.2, -0.15) is 5.26 Å². The van der Waals surface area contributed by atoms with Crippen molar-refractivity contribution < 1.29 is 0 Å². The molecule has 1 saturated heterocycles. The van der Waals surface area contributed by atoms with Gasteiger partial charge in [0.25, 0.3) is 0 Å². The Morgan fingerprint density at radius 1 is 1.33 bits per heavy atom. The lowest BCUT2D eigenvalue weighted by Gasteiger charge is -2.36. The van der Waals surface area contributed by atoms with Crippen molar-refractivity contribution in [2.24, 2.45) is 0 Å². The SMILES string of the molecule is CN(C)C1CCN(c2ccc(N)cc2C#N)CC1. The number of hydrogen-bond donors (Lipinski definition) is 1. The molecule has 0 unspecified atom stereocenters. The molecule has 0 spiro atoms. The molecule has 0 saturated carbocycles. The molecule has 0 atom stereocenters. The Bertz CT molecular complexity index is 453. The van der Waals surface area contributed by atoms with Crippen LogP contribution in [-0.4, -0.2) is 38.1 Å². The lowest BCUT2D eigenvalue weighted by atomic mass is 10.0. The number of hydrogen-bond acceptors (Lipinski definition) is 4. The van der Waals surface area contributed by atoms with Gasteiger partial charge in [0, 0.05) is 24.8 Å². The number of nitrogen functional groups attached to an aromatic ring is 1. The summed E-state index contributed by atoms with van der Waals surface area (Å²) in [6.07, 6.45) is 2.28. The summed E-state index contributed by atoms with van der Waals surface area (Å²) in [4.78, 5) is 4.57. The van der Waals surface area contributed by atoms with Crippen molar-refractivity contribution in [2.75, 3.05) is 37.8 Å². The maximum absolute atomic E-state index is 9.17. The summed E-state index contributed by atoms with van der Waals surface area (Å²) in [6, 6.07) is 8.48. The Kier molecular flexibility index (Phi) is 3.73. The van der Waals surface area contributed by atoms with E-state index in [1.165, 1.54) is 0 Å². The summed E-state index contributed by atoms with van der Waals surface area (Å²) in [6.45, 7) is 2.00. The van der Waals surface area contributed by atoms with Gasteiger partial charge >= 0.3 is 0 Å². The maximum atomic E-state index is 9.17. The minimum Gasteiger partial charge on any atom is -0.399 e. The number of anilines is 2. The lowest BCUT2D eigenvalue weighted by Crippen LogP contribution is -2.42. The highest BCUT2D eigenvalue weighted by Gasteiger charge is 2.22. The zero-order chi connectivity index (χ0) is 13.1. The van der Waals surface area contributed by atoms with Gasteiger partial charge < -0.3 is 15.5 Å². The fourth-order valence-electron chi connectivity index (χ4n) is 2.54. The molecule has 4 nitrogen and oxygen atoms in total. The largest absolute Gasteiger partial charge is 0.399 e. The minimum absolute atomic E-state index is 0.651. The first-order chi connectivity index (χ1) is 8.61. The fraction of sp³-hybridized carbons (Fsp3) is 0.500. The van der Waals surface area contributed by atoms with E-state index in [1.54, 1.807) is 6.07 Å². The van der Waals surface area contributed by atoms with Crippen LogP contribution in [0.4, 0.5) is 11.4 Å². The minimum atomic E-state index is 0.651. The number of benzene rings is 1. The molecule has 18 heavy (non-hydrogen) atoms. The van der Waals surface area contributed by atoms with Crippen molar-refractivity contribution in [1.82, 2.24) is 4.90 Å². The second-order valence-corrected chi connectivity index (χ2v) is 5.07. The molecule has 0 radical (unpaired) electrons. The van der Waals surface area contributed by atoms with Crippen LogP contribution in [0.1, 0.15) is 18.4 Å². The molecule has 0 amide bonds. The zero-order valence-electron chi connectivity index (χ0n) is 11.1. The highest BCUT2D eigenvalue weighted by atomic mass is 15.2. The van der Waals surface area contributed by atoms with Gasteiger partial charge in [-0.25, -0.2) is 0 Å². The Morgan fingerprint density at radius 2 is 2.00 bits per heavy atom. The molecule has 2 rings (SSSR count). The summed E-state index contributed by atoms with van der Waals surface area (Å²) in [7, 11) is 4.26. The van der Waals surface area contributed by atoms with Gasteiger partial charge in [0.15, 0.2) is 0 Å². The van der Waals surface area contributed by atoms with Crippen LogP contribution in [0.2, 0.25) is 0 Å². The molecule has 4 heteroatoms. The number of rotatable bonds is 2. The summed E-state index contributed by atoms with van der Waals surface area (Å²) >= 11 is 0. The van der Waals surface area contributed by atoms with Gasteiger partial charge in [-0.3, -0.25) is 0 Å². The van der Waals surface area contributed by atoms with Crippen LogP contribution in [-0.2, 0) is 0 Å². The van der Waals surface area contributed by atoms with Gasteiger partial charge in [-0.1, -0.05) is 0 Å². The second-order valence-electron chi connectivity index (χ2n) is 5.07. The van der Waals surface area contributed by atoms with Crippen LogP contribution < -0.4 is 10.6 Å². The van der Waals surface area contributed by atoms with Crippen molar-refractivity contribution >= 4 is 11.4 Å². The van der Waals surface area contributed by atoms with E-state index in [9.17, 15) is 5.26 Å². The van der Waals surface area contributed by atoms with Crippen LogP contribution in [0, 0.1) is 11.3 Å². The molecule has 1 aliphatic heterocycles. The summed E-state index contributed by atoms with van der Waals surface area (Å²) in [5, 5.41) is 9.17. The fourth-order valence-corrected chi connectivity index (χ4v) is 2.54. The molecule has 1 aromatic rings. The smallest absolute Gasteiger partial charge is 0.101 e. The molecule has 1 aromatic carbocycles. The highest BCUT2D eigenvalue weighted by Crippen LogP contribution is 2.26. The third-order valence-corrected chi connectivity index (χ3v) is 3.68. The lowest BCUT2D eigenvalue weighted by molar-refractivity contribution is 0.249. The van der Waals surface area contributed by atoms with Gasteiger partial charge in [-0.05, 0) is 45.1 Å². The van der Waals surface area contributed by atoms with E-state index in [-0.39, 0.29) is 0 Å². The van der Waals surface area contributed by atoms with E-state index in [1.807, 2.05) is 12.1 Å². The maximum Gasteiger partial charge on any atom is 0.101 e. The topological polar surface area (TPSA) is 56.3 Å². The predicted octanol–water partition coefficient (Wildman–Crippen LogP) is 1.67. The van der Waals surface area contributed by atoms with Crippen LogP contribution in [0.15, 0.2) is 18.2 Å². The van der Waals surface area contributed by atoms with E-state index in [4.69, 9.17) is 5.73 Å². The summed E-state index contributed by atoms with van der Waals surface area (Å²) < 4.78 is 0. The highest BCUT2D eigenvalue weighted by molar-refractivity contribution is 5.64. The van der Waals surface area contributed by atoms with Crippen molar-refractivity contribution in [3.63, 3.8) is 0 Å². The molecule has 0 aliphatic carbocycles. The molecule has 0 bridgehead atoms. The van der Waals surface area contributed by atoms with Crippen molar-refractivity contribution in [1.29, 1.82) is 5.26 Å². The molecular formula is C14H20N4. The Labute approximate surface area is 109 Å². The van der Waals surface area contributed by atoms with Gasteiger partial charge in [0.05, 0.1) is 11.3 Å². The van der Waals surface area contributed by atoms with Crippen LogP contribution >= 0.6 is 0 Å². The first-order valence-corrected chi connectivity index (χ1v) is 6.33. The third kappa shape index (κ3) is 2.57. The quantitative estimate of drug-likeness (QED) is 0.804. The summed E-state index contributed by atoms with van der Waals surface area (Å²) in [5.74, 6) is 0. The normalized spacial score (nSPS) is 16.9. The van der Waals surface area contributed by atoms with E-state index in [0.717, 1.165) is 31.6 Å². The zero-order valence-corrected chi connectivity index (χ0v) is 11.1.